The van der Waals surface area contributed by atoms with Crippen molar-refractivity contribution >= 4 is 6.03 Å². The molecule has 0 unspecified atom stereocenters. The zero-order valence-corrected chi connectivity index (χ0v) is 18.5. The molecule has 2 saturated heterocycles. The van der Waals surface area contributed by atoms with Crippen molar-refractivity contribution in [1.29, 1.82) is 0 Å². The molecule has 4 heterocycles. The zero-order chi connectivity index (χ0) is 22.4. The van der Waals surface area contributed by atoms with Crippen LogP contribution in [-0.4, -0.2) is 72.0 Å². The lowest BCUT2D eigenvalue weighted by Gasteiger charge is -2.63. The molecule has 176 valence electrons. The summed E-state index contributed by atoms with van der Waals surface area (Å²) >= 11 is 0. The van der Waals surface area contributed by atoms with Crippen molar-refractivity contribution in [2.24, 2.45) is 16.7 Å². The number of nitrogens with zero attached hydrogens (tertiary/aromatic N) is 7. The lowest BCUT2D eigenvalue weighted by atomic mass is 9.57. The van der Waals surface area contributed by atoms with Gasteiger partial charge in [0, 0.05) is 49.3 Å². The number of likely N-dealkylation sites (tertiary alicyclic amines) is 2. The number of rotatable bonds is 5. The van der Waals surface area contributed by atoms with Crippen molar-refractivity contribution in [3.05, 3.63) is 23.8 Å². The Balaban J connectivity index is 0.845. The summed E-state index contributed by atoms with van der Waals surface area (Å²) in [6.45, 7) is 3.26. The van der Waals surface area contributed by atoms with Gasteiger partial charge in [-0.05, 0) is 44.4 Å². The third kappa shape index (κ3) is 3.25. The molecule has 0 atom stereocenters. The molecule has 2 spiro atoms. The van der Waals surface area contributed by atoms with E-state index in [1.165, 1.54) is 32.0 Å². The fourth-order valence-corrected chi connectivity index (χ4v) is 6.71. The SMILES string of the molecule is O=C(N1CC2(CC(Cc3nc(C4CC4)n[nH]3)C2)C1)N1CC2(CC(n3cnc(C(F)F)n3)C2)C1. The number of amides is 2. The monoisotopic (exact) mass is 458 g/mol. The van der Waals surface area contributed by atoms with Gasteiger partial charge in [0.1, 0.15) is 12.2 Å². The summed E-state index contributed by atoms with van der Waals surface area (Å²) in [4.78, 5) is 25.1. The molecule has 3 saturated carbocycles. The molecule has 3 aliphatic carbocycles. The highest BCUT2D eigenvalue weighted by Gasteiger charge is 2.58. The molecule has 2 amide bonds. The zero-order valence-electron chi connectivity index (χ0n) is 18.5. The average Bonchev–Trinajstić information content (AvgIpc) is 3.20. The molecular formula is C22H28F2N8O. The molecule has 2 aliphatic heterocycles. The van der Waals surface area contributed by atoms with Gasteiger partial charge in [-0.2, -0.15) is 5.10 Å². The van der Waals surface area contributed by atoms with Gasteiger partial charge in [-0.3, -0.25) is 5.10 Å². The second-order valence-corrected chi connectivity index (χ2v) is 11.3. The predicted octanol–water partition coefficient (Wildman–Crippen LogP) is 2.92. The summed E-state index contributed by atoms with van der Waals surface area (Å²) in [5.74, 6) is 2.83. The number of hydrogen-bond acceptors (Lipinski definition) is 5. The first kappa shape index (κ1) is 19.8. The van der Waals surface area contributed by atoms with Crippen LogP contribution in [0.1, 0.15) is 74.4 Å². The van der Waals surface area contributed by atoms with E-state index in [-0.39, 0.29) is 17.5 Å². The van der Waals surface area contributed by atoms with Crippen LogP contribution in [0.5, 0.6) is 0 Å². The van der Waals surface area contributed by atoms with E-state index in [4.69, 9.17) is 0 Å². The van der Waals surface area contributed by atoms with E-state index in [9.17, 15) is 13.6 Å². The molecule has 0 aromatic carbocycles. The van der Waals surface area contributed by atoms with Crippen LogP contribution in [0.4, 0.5) is 13.6 Å². The number of H-pyrrole nitrogens is 1. The molecule has 5 fully saturated rings. The topological polar surface area (TPSA) is 95.8 Å². The van der Waals surface area contributed by atoms with Crippen molar-refractivity contribution in [2.75, 3.05) is 26.2 Å². The normalized spacial score (nSPS) is 25.8. The highest BCUT2D eigenvalue weighted by atomic mass is 19.3. The van der Waals surface area contributed by atoms with E-state index >= 15 is 0 Å². The number of halogens is 2. The number of carbonyl (C=O) groups excluding carboxylic acids is 1. The number of urea groups is 1. The molecule has 2 aromatic heterocycles. The van der Waals surface area contributed by atoms with Crippen molar-refractivity contribution in [3.8, 4) is 0 Å². The number of carbonyl (C=O) groups is 1. The Hall–Kier alpha value is -2.59. The number of nitrogens with one attached hydrogen (secondary N) is 1. The third-order valence-electron chi connectivity index (χ3n) is 8.50. The van der Waals surface area contributed by atoms with Crippen LogP contribution in [0.2, 0.25) is 0 Å². The number of aromatic amines is 1. The van der Waals surface area contributed by atoms with Gasteiger partial charge in [0.25, 0.3) is 6.43 Å². The molecule has 5 aliphatic rings. The van der Waals surface area contributed by atoms with Gasteiger partial charge >= 0.3 is 6.03 Å². The standard InChI is InChI=1S/C22H28F2N8O/c23-17(24)19-25-12-32(29-19)15-6-22(7-15)10-31(11-22)20(33)30-8-21(9-30)4-13(5-21)3-16-26-18(28-27-16)14-1-2-14/h12-15,17H,1-11H2,(H,26,27,28). The van der Waals surface area contributed by atoms with Crippen LogP contribution < -0.4 is 0 Å². The highest BCUT2D eigenvalue weighted by molar-refractivity contribution is 5.77. The first-order valence-electron chi connectivity index (χ1n) is 12.0. The molecule has 1 N–H and O–H groups in total. The Morgan fingerprint density at radius 3 is 2.36 bits per heavy atom. The molecule has 2 aromatic rings. The lowest BCUT2D eigenvalue weighted by molar-refractivity contribution is -0.107. The average molecular weight is 459 g/mol. The second kappa shape index (κ2) is 6.73. The summed E-state index contributed by atoms with van der Waals surface area (Å²) in [7, 11) is 0. The largest absolute Gasteiger partial charge is 0.323 e. The lowest BCUT2D eigenvalue weighted by Crippen LogP contribution is -2.71. The summed E-state index contributed by atoms with van der Waals surface area (Å²) in [5.41, 5.74) is 0.455. The summed E-state index contributed by atoms with van der Waals surface area (Å²) in [6.07, 6.45) is 6.26. The minimum atomic E-state index is -2.63. The molecule has 0 bridgehead atoms. The maximum Gasteiger partial charge on any atom is 0.320 e. The fraction of sp³-hybridized carbons (Fsp3) is 0.773. The number of alkyl halides is 2. The minimum Gasteiger partial charge on any atom is -0.323 e. The Morgan fingerprint density at radius 1 is 1.09 bits per heavy atom. The van der Waals surface area contributed by atoms with E-state index in [1.807, 2.05) is 9.80 Å². The van der Waals surface area contributed by atoms with Crippen molar-refractivity contribution in [3.63, 3.8) is 0 Å². The molecule has 9 nitrogen and oxygen atoms in total. The highest BCUT2D eigenvalue weighted by Crippen LogP contribution is 2.56. The van der Waals surface area contributed by atoms with Crippen LogP contribution in [-0.2, 0) is 6.42 Å². The van der Waals surface area contributed by atoms with Crippen molar-refractivity contribution in [2.45, 2.75) is 63.3 Å². The van der Waals surface area contributed by atoms with Gasteiger partial charge in [-0.15, -0.1) is 5.10 Å². The van der Waals surface area contributed by atoms with Gasteiger partial charge in [0.05, 0.1) is 6.04 Å². The van der Waals surface area contributed by atoms with Gasteiger partial charge in [0.2, 0.25) is 5.82 Å². The first-order valence-corrected chi connectivity index (χ1v) is 12.0. The molecular weight excluding hydrogens is 430 g/mol. The van der Waals surface area contributed by atoms with Crippen LogP contribution >= 0.6 is 0 Å². The van der Waals surface area contributed by atoms with E-state index in [2.05, 4.69) is 25.3 Å². The third-order valence-corrected chi connectivity index (χ3v) is 8.50. The van der Waals surface area contributed by atoms with Crippen molar-refractivity contribution < 1.29 is 13.6 Å². The second-order valence-electron chi connectivity index (χ2n) is 11.3. The minimum absolute atomic E-state index is 0.117. The van der Waals surface area contributed by atoms with E-state index in [0.717, 1.165) is 57.1 Å². The van der Waals surface area contributed by atoms with E-state index < -0.39 is 12.2 Å². The predicted molar refractivity (Wildman–Crippen MR) is 111 cm³/mol. The maximum atomic E-state index is 12.9. The number of aromatic nitrogens is 6. The Labute approximate surface area is 189 Å². The Morgan fingerprint density at radius 2 is 1.76 bits per heavy atom. The maximum absolute atomic E-state index is 12.9. The molecule has 0 radical (unpaired) electrons. The van der Waals surface area contributed by atoms with Gasteiger partial charge in [-0.1, -0.05) is 0 Å². The van der Waals surface area contributed by atoms with Gasteiger partial charge < -0.3 is 9.80 Å². The summed E-state index contributed by atoms with van der Waals surface area (Å²) < 4.78 is 26.9. The van der Waals surface area contributed by atoms with Crippen LogP contribution in [0.15, 0.2) is 6.33 Å². The molecule has 11 heteroatoms. The van der Waals surface area contributed by atoms with Crippen molar-refractivity contribution in [1.82, 2.24) is 39.7 Å². The van der Waals surface area contributed by atoms with Crippen LogP contribution in [0.3, 0.4) is 0 Å². The fourth-order valence-electron chi connectivity index (χ4n) is 6.71. The van der Waals surface area contributed by atoms with Gasteiger partial charge in [-0.25, -0.2) is 28.2 Å². The Kier molecular flexibility index (Phi) is 4.04. The van der Waals surface area contributed by atoms with E-state index in [0.29, 0.717) is 17.3 Å². The van der Waals surface area contributed by atoms with Crippen LogP contribution in [0.25, 0.3) is 0 Å². The van der Waals surface area contributed by atoms with Gasteiger partial charge in [0.15, 0.2) is 5.82 Å². The molecule has 33 heavy (non-hydrogen) atoms. The molecule has 7 rings (SSSR count). The summed E-state index contributed by atoms with van der Waals surface area (Å²) in [6, 6.07) is 0.273. The quantitative estimate of drug-likeness (QED) is 0.743. The Bertz CT molecular complexity index is 1070. The van der Waals surface area contributed by atoms with Crippen LogP contribution in [0, 0.1) is 16.7 Å². The van der Waals surface area contributed by atoms with E-state index in [1.54, 1.807) is 4.68 Å². The summed E-state index contributed by atoms with van der Waals surface area (Å²) in [5, 5.41) is 11.4. The smallest absolute Gasteiger partial charge is 0.320 e. The first-order chi connectivity index (χ1) is 15.9. The number of hydrogen-bond donors (Lipinski definition) is 1.